The van der Waals surface area contributed by atoms with Crippen molar-refractivity contribution in [3.63, 3.8) is 0 Å². The zero-order valence-corrected chi connectivity index (χ0v) is 15.4. The molecule has 0 spiro atoms. The molecule has 2 aromatic rings. The fourth-order valence-electron chi connectivity index (χ4n) is 2.49. The minimum Gasteiger partial charge on any atom is -0.378 e. The Hall–Kier alpha value is -1.31. The number of hydrogen-bond acceptors (Lipinski definition) is 5. The van der Waals surface area contributed by atoms with Gasteiger partial charge in [-0.3, -0.25) is 4.57 Å². The summed E-state index contributed by atoms with van der Waals surface area (Å²) in [7, 11) is 0. The van der Waals surface area contributed by atoms with E-state index >= 15 is 0 Å². The van der Waals surface area contributed by atoms with Gasteiger partial charge in [-0.2, -0.15) is 0 Å². The second-order valence-electron chi connectivity index (χ2n) is 5.31. The van der Waals surface area contributed by atoms with E-state index in [1.807, 2.05) is 12.1 Å². The minimum absolute atomic E-state index is 0.724. The zero-order chi connectivity index (χ0) is 16.2. The topological polar surface area (TPSA) is 43.2 Å². The Morgan fingerprint density at radius 3 is 2.74 bits per heavy atom. The Balaban J connectivity index is 2.02. The third-order valence-corrected chi connectivity index (χ3v) is 5.29. The summed E-state index contributed by atoms with van der Waals surface area (Å²) >= 11 is 5.04. The normalized spacial score (nSPS) is 15.0. The highest BCUT2D eigenvalue weighted by molar-refractivity contribution is 9.11. The van der Waals surface area contributed by atoms with E-state index in [1.54, 1.807) is 11.8 Å². The van der Waals surface area contributed by atoms with E-state index in [9.17, 15) is 0 Å². The van der Waals surface area contributed by atoms with E-state index in [0.717, 1.165) is 53.3 Å². The average molecular weight is 395 g/mol. The van der Waals surface area contributed by atoms with Gasteiger partial charge in [-0.05, 0) is 23.0 Å². The molecule has 1 aliphatic heterocycles. The van der Waals surface area contributed by atoms with Crippen molar-refractivity contribution in [3.8, 4) is 5.69 Å². The number of para-hydroxylation sites is 1. The van der Waals surface area contributed by atoms with Crippen molar-refractivity contribution in [1.82, 2.24) is 14.8 Å². The van der Waals surface area contributed by atoms with Crippen molar-refractivity contribution in [2.45, 2.75) is 12.1 Å². The van der Waals surface area contributed by atoms with Crippen LogP contribution >= 0.6 is 27.7 Å². The number of anilines is 1. The monoisotopic (exact) mass is 394 g/mol. The Morgan fingerprint density at radius 1 is 1.30 bits per heavy atom. The van der Waals surface area contributed by atoms with E-state index in [2.05, 4.69) is 61.2 Å². The lowest BCUT2D eigenvalue weighted by atomic mass is 10.2. The third kappa shape index (κ3) is 3.79. The van der Waals surface area contributed by atoms with Crippen molar-refractivity contribution >= 4 is 33.6 Å². The van der Waals surface area contributed by atoms with Crippen molar-refractivity contribution in [2.24, 2.45) is 0 Å². The molecule has 1 saturated heterocycles. The molecule has 7 heteroatoms. The van der Waals surface area contributed by atoms with Crippen LogP contribution in [0.4, 0.5) is 5.95 Å². The number of benzene rings is 1. The maximum absolute atomic E-state index is 5.45. The molecule has 0 aliphatic carbocycles. The van der Waals surface area contributed by atoms with Gasteiger partial charge in [-0.25, -0.2) is 0 Å². The summed E-state index contributed by atoms with van der Waals surface area (Å²) in [5.41, 5.74) is 2.31. The summed E-state index contributed by atoms with van der Waals surface area (Å²) < 4.78 is 8.53. The molecule has 1 fully saturated rings. The first-order valence-electron chi connectivity index (χ1n) is 7.47. The van der Waals surface area contributed by atoms with Gasteiger partial charge in [0, 0.05) is 18.8 Å². The van der Waals surface area contributed by atoms with Crippen LogP contribution in [-0.2, 0) is 4.74 Å². The van der Waals surface area contributed by atoms with Crippen LogP contribution < -0.4 is 4.90 Å². The summed E-state index contributed by atoms with van der Waals surface area (Å²) in [4.78, 5) is 2.23. The maximum Gasteiger partial charge on any atom is 0.232 e. The SMILES string of the molecule is C=C(Br)CSc1nnc(N2CCOCC2)n1-c1ccccc1C. The van der Waals surface area contributed by atoms with Crippen molar-refractivity contribution in [2.75, 3.05) is 37.0 Å². The van der Waals surface area contributed by atoms with Crippen LogP contribution in [0.25, 0.3) is 5.69 Å². The third-order valence-electron chi connectivity index (χ3n) is 3.62. The molecule has 23 heavy (non-hydrogen) atoms. The number of rotatable bonds is 5. The highest BCUT2D eigenvalue weighted by Gasteiger charge is 2.22. The molecule has 122 valence electrons. The fourth-order valence-corrected chi connectivity index (χ4v) is 3.53. The number of thioether (sulfide) groups is 1. The fraction of sp³-hybridized carbons (Fsp3) is 0.375. The number of aromatic nitrogens is 3. The van der Waals surface area contributed by atoms with Crippen LogP contribution in [-0.4, -0.2) is 46.8 Å². The molecule has 0 atom stereocenters. The van der Waals surface area contributed by atoms with Crippen LogP contribution in [0.1, 0.15) is 5.56 Å². The smallest absolute Gasteiger partial charge is 0.232 e. The molecule has 0 bridgehead atoms. The highest BCUT2D eigenvalue weighted by atomic mass is 79.9. The molecular formula is C16H19BrN4OS. The number of halogens is 1. The van der Waals surface area contributed by atoms with Gasteiger partial charge >= 0.3 is 0 Å². The van der Waals surface area contributed by atoms with Crippen molar-refractivity contribution < 1.29 is 4.74 Å². The highest BCUT2D eigenvalue weighted by Crippen LogP contribution is 2.30. The number of hydrogen-bond donors (Lipinski definition) is 0. The largest absolute Gasteiger partial charge is 0.378 e. The van der Waals surface area contributed by atoms with Crippen molar-refractivity contribution in [1.29, 1.82) is 0 Å². The van der Waals surface area contributed by atoms with E-state index in [-0.39, 0.29) is 0 Å². The molecule has 0 saturated carbocycles. The molecule has 1 aliphatic rings. The van der Waals surface area contributed by atoms with Crippen molar-refractivity contribution in [3.05, 3.63) is 40.9 Å². The molecule has 2 heterocycles. The van der Waals surface area contributed by atoms with E-state index in [0.29, 0.717) is 0 Å². The second-order valence-corrected chi connectivity index (χ2v) is 7.37. The van der Waals surface area contributed by atoms with Gasteiger partial charge in [0.25, 0.3) is 0 Å². The van der Waals surface area contributed by atoms with Gasteiger partial charge in [0.2, 0.25) is 5.95 Å². The van der Waals surface area contributed by atoms with Crippen LogP contribution in [0.3, 0.4) is 0 Å². The van der Waals surface area contributed by atoms with Crippen LogP contribution in [0.5, 0.6) is 0 Å². The average Bonchev–Trinajstić information content (AvgIpc) is 2.98. The molecule has 1 aromatic heterocycles. The first-order valence-corrected chi connectivity index (χ1v) is 9.25. The summed E-state index contributed by atoms with van der Waals surface area (Å²) in [5.74, 6) is 1.64. The van der Waals surface area contributed by atoms with E-state index < -0.39 is 0 Å². The molecular weight excluding hydrogens is 376 g/mol. The zero-order valence-electron chi connectivity index (χ0n) is 13.0. The maximum atomic E-state index is 5.45. The second kappa shape index (κ2) is 7.51. The number of nitrogens with zero attached hydrogens (tertiary/aromatic N) is 4. The van der Waals surface area contributed by atoms with Gasteiger partial charge in [-0.1, -0.05) is 52.5 Å². The molecule has 0 unspecified atom stereocenters. The lowest BCUT2D eigenvalue weighted by Crippen LogP contribution is -2.38. The van der Waals surface area contributed by atoms with Gasteiger partial charge in [0.05, 0.1) is 18.9 Å². The Morgan fingerprint density at radius 2 is 2.04 bits per heavy atom. The Labute approximate surface area is 148 Å². The van der Waals surface area contributed by atoms with Gasteiger partial charge in [0.15, 0.2) is 5.16 Å². The number of ether oxygens (including phenoxy) is 1. The number of aryl methyl sites for hydroxylation is 1. The predicted octanol–water partition coefficient (Wildman–Crippen LogP) is 3.41. The lowest BCUT2D eigenvalue weighted by molar-refractivity contribution is 0.122. The van der Waals surface area contributed by atoms with Gasteiger partial charge in [0.1, 0.15) is 0 Å². The van der Waals surface area contributed by atoms with E-state index in [4.69, 9.17) is 4.74 Å². The molecule has 1 aromatic carbocycles. The lowest BCUT2D eigenvalue weighted by Gasteiger charge is -2.28. The standard InChI is InChI=1S/C16H19BrN4OS/c1-12-5-3-4-6-14(12)21-15(20-7-9-22-10-8-20)18-19-16(21)23-11-13(2)17/h3-6H,2,7-11H2,1H3. The summed E-state index contributed by atoms with van der Waals surface area (Å²) in [5, 5.41) is 9.74. The first-order chi connectivity index (χ1) is 11.2. The van der Waals surface area contributed by atoms with Crippen LogP contribution in [0, 0.1) is 6.92 Å². The molecule has 0 radical (unpaired) electrons. The number of morpholine rings is 1. The quantitative estimate of drug-likeness (QED) is 0.726. The summed E-state index contributed by atoms with van der Waals surface area (Å²) in [6, 6.07) is 8.31. The van der Waals surface area contributed by atoms with Crippen LogP contribution in [0.15, 0.2) is 40.5 Å². The Bertz CT molecular complexity index is 697. The molecule has 5 nitrogen and oxygen atoms in total. The van der Waals surface area contributed by atoms with Gasteiger partial charge in [-0.15, -0.1) is 10.2 Å². The van der Waals surface area contributed by atoms with Gasteiger partial charge < -0.3 is 9.64 Å². The van der Waals surface area contributed by atoms with Crippen LogP contribution in [0.2, 0.25) is 0 Å². The first kappa shape index (κ1) is 16.5. The Kier molecular flexibility index (Phi) is 5.40. The summed E-state index contributed by atoms with van der Waals surface area (Å²) in [6.07, 6.45) is 0. The predicted molar refractivity (Wildman–Crippen MR) is 97.9 cm³/mol. The van der Waals surface area contributed by atoms with E-state index in [1.165, 1.54) is 5.56 Å². The molecule has 3 rings (SSSR count). The minimum atomic E-state index is 0.724. The molecule has 0 N–H and O–H groups in total. The summed E-state index contributed by atoms with van der Waals surface area (Å²) in [6.45, 7) is 9.12. The molecule has 0 amide bonds.